The van der Waals surface area contributed by atoms with Gasteiger partial charge in [0, 0.05) is 13.2 Å². The van der Waals surface area contributed by atoms with E-state index in [1.807, 2.05) is 31.2 Å². The van der Waals surface area contributed by atoms with Gasteiger partial charge in [-0.05, 0) is 37.5 Å². The molecule has 0 saturated heterocycles. The third-order valence-electron chi connectivity index (χ3n) is 2.47. The maximum atomic E-state index is 9.89. The van der Waals surface area contributed by atoms with Crippen molar-refractivity contribution in [3.63, 3.8) is 0 Å². The number of methoxy groups -OCH3 is 1. The molecule has 0 fully saturated rings. The van der Waals surface area contributed by atoms with E-state index in [4.69, 9.17) is 9.47 Å². The van der Waals surface area contributed by atoms with Crippen LogP contribution in [0.1, 0.15) is 31.4 Å². The first-order valence-electron chi connectivity index (χ1n) is 5.67. The first-order chi connectivity index (χ1) is 7.77. The summed E-state index contributed by atoms with van der Waals surface area (Å²) < 4.78 is 10.3. The van der Waals surface area contributed by atoms with Crippen molar-refractivity contribution in [1.29, 1.82) is 0 Å². The van der Waals surface area contributed by atoms with E-state index in [0.29, 0.717) is 6.61 Å². The molecule has 3 heteroatoms. The van der Waals surface area contributed by atoms with E-state index in [1.165, 1.54) is 0 Å². The summed E-state index contributed by atoms with van der Waals surface area (Å²) in [5, 5.41) is 9.89. The van der Waals surface area contributed by atoms with Crippen molar-refractivity contribution in [3.05, 3.63) is 29.8 Å². The Morgan fingerprint density at radius 2 is 1.94 bits per heavy atom. The molecule has 1 aromatic carbocycles. The maximum absolute atomic E-state index is 9.89. The molecule has 0 aromatic heterocycles. The van der Waals surface area contributed by atoms with Crippen LogP contribution in [-0.4, -0.2) is 25.4 Å². The highest BCUT2D eigenvalue weighted by molar-refractivity contribution is 5.28. The SMILES string of the molecule is CCOCCCC(O)c1ccc(OC)cc1. The predicted octanol–water partition coefficient (Wildman–Crippen LogP) is 2.55. The fraction of sp³-hybridized carbons (Fsp3) is 0.538. The van der Waals surface area contributed by atoms with E-state index in [9.17, 15) is 5.11 Å². The highest BCUT2D eigenvalue weighted by Gasteiger charge is 2.06. The van der Waals surface area contributed by atoms with Gasteiger partial charge in [0.2, 0.25) is 0 Å². The minimum Gasteiger partial charge on any atom is -0.497 e. The Labute approximate surface area is 97.0 Å². The van der Waals surface area contributed by atoms with Crippen LogP contribution >= 0.6 is 0 Å². The van der Waals surface area contributed by atoms with E-state index in [1.54, 1.807) is 7.11 Å². The second-order valence-corrected chi connectivity index (χ2v) is 3.63. The van der Waals surface area contributed by atoms with Crippen molar-refractivity contribution in [2.75, 3.05) is 20.3 Å². The smallest absolute Gasteiger partial charge is 0.118 e. The van der Waals surface area contributed by atoms with E-state index >= 15 is 0 Å². The van der Waals surface area contributed by atoms with Gasteiger partial charge in [0.25, 0.3) is 0 Å². The molecule has 1 rings (SSSR count). The third kappa shape index (κ3) is 4.21. The number of rotatable bonds is 7. The highest BCUT2D eigenvalue weighted by Crippen LogP contribution is 2.20. The minimum absolute atomic E-state index is 0.411. The van der Waals surface area contributed by atoms with E-state index in [2.05, 4.69) is 0 Å². The molecular weight excluding hydrogens is 204 g/mol. The summed E-state index contributed by atoms with van der Waals surface area (Å²) in [5.41, 5.74) is 0.928. The van der Waals surface area contributed by atoms with Crippen LogP contribution in [0.4, 0.5) is 0 Å². The molecule has 0 bridgehead atoms. The van der Waals surface area contributed by atoms with Crippen molar-refractivity contribution in [3.8, 4) is 5.75 Å². The lowest BCUT2D eigenvalue weighted by Crippen LogP contribution is -2.01. The van der Waals surface area contributed by atoms with Gasteiger partial charge >= 0.3 is 0 Å². The summed E-state index contributed by atoms with van der Waals surface area (Å²) >= 11 is 0. The number of ether oxygens (including phenoxy) is 2. The van der Waals surface area contributed by atoms with Crippen molar-refractivity contribution >= 4 is 0 Å². The number of aliphatic hydroxyl groups excluding tert-OH is 1. The molecule has 0 aliphatic carbocycles. The van der Waals surface area contributed by atoms with Crippen LogP contribution in [-0.2, 0) is 4.74 Å². The fourth-order valence-corrected chi connectivity index (χ4v) is 1.52. The van der Waals surface area contributed by atoms with Crippen molar-refractivity contribution < 1.29 is 14.6 Å². The molecule has 0 saturated carbocycles. The first-order valence-corrected chi connectivity index (χ1v) is 5.67. The normalized spacial score (nSPS) is 12.4. The van der Waals surface area contributed by atoms with Crippen LogP contribution in [0.15, 0.2) is 24.3 Å². The zero-order valence-corrected chi connectivity index (χ0v) is 9.98. The van der Waals surface area contributed by atoms with Crippen LogP contribution in [0, 0.1) is 0 Å². The van der Waals surface area contributed by atoms with Gasteiger partial charge in [-0.15, -0.1) is 0 Å². The zero-order valence-electron chi connectivity index (χ0n) is 9.98. The molecule has 1 unspecified atom stereocenters. The first kappa shape index (κ1) is 13.0. The molecular formula is C13H20O3. The maximum Gasteiger partial charge on any atom is 0.118 e. The van der Waals surface area contributed by atoms with E-state index < -0.39 is 6.10 Å². The molecule has 1 aromatic rings. The number of hydrogen-bond acceptors (Lipinski definition) is 3. The molecule has 0 heterocycles. The highest BCUT2D eigenvalue weighted by atomic mass is 16.5. The standard InChI is InChI=1S/C13H20O3/c1-3-16-10-4-5-13(14)11-6-8-12(15-2)9-7-11/h6-9,13-14H,3-5,10H2,1-2H3. The van der Waals surface area contributed by atoms with Crippen molar-refractivity contribution in [1.82, 2.24) is 0 Å². The van der Waals surface area contributed by atoms with Gasteiger partial charge in [-0.2, -0.15) is 0 Å². The van der Waals surface area contributed by atoms with E-state index in [0.717, 1.165) is 30.8 Å². The number of aliphatic hydroxyl groups is 1. The molecule has 0 spiro atoms. The Morgan fingerprint density at radius 3 is 2.50 bits per heavy atom. The second-order valence-electron chi connectivity index (χ2n) is 3.63. The monoisotopic (exact) mass is 224 g/mol. The van der Waals surface area contributed by atoms with Gasteiger partial charge in [0.05, 0.1) is 13.2 Å². The Bertz CT molecular complexity index is 282. The lowest BCUT2D eigenvalue weighted by molar-refractivity contribution is 0.114. The molecule has 0 amide bonds. The Balaban J connectivity index is 2.37. The molecule has 0 aliphatic rings. The Hall–Kier alpha value is -1.06. The second kappa shape index (κ2) is 7.25. The molecule has 0 aliphatic heterocycles. The van der Waals surface area contributed by atoms with Gasteiger partial charge in [-0.25, -0.2) is 0 Å². The summed E-state index contributed by atoms with van der Waals surface area (Å²) in [6, 6.07) is 7.51. The average molecular weight is 224 g/mol. The average Bonchev–Trinajstić information content (AvgIpc) is 2.34. The summed E-state index contributed by atoms with van der Waals surface area (Å²) in [4.78, 5) is 0. The number of benzene rings is 1. The molecule has 1 N–H and O–H groups in total. The largest absolute Gasteiger partial charge is 0.497 e. The van der Waals surface area contributed by atoms with Crippen LogP contribution in [0.3, 0.4) is 0 Å². The van der Waals surface area contributed by atoms with Gasteiger partial charge in [-0.3, -0.25) is 0 Å². The molecule has 16 heavy (non-hydrogen) atoms. The number of hydrogen-bond donors (Lipinski definition) is 1. The lowest BCUT2D eigenvalue weighted by atomic mass is 10.1. The summed E-state index contributed by atoms with van der Waals surface area (Å²) in [7, 11) is 1.63. The Kier molecular flexibility index (Phi) is 5.90. The van der Waals surface area contributed by atoms with E-state index in [-0.39, 0.29) is 0 Å². The Morgan fingerprint density at radius 1 is 1.25 bits per heavy atom. The quantitative estimate of drug-likeness (QED) is 0.723. The van der Waals surface area contributed by atoms with Crippen LogP contribution in [0.25, 0.3) is 0 Å². The zero-order chi connectivity index (χ0) is 11.8. The van der Waals surface area contributed by atoms with Gasteiger partial charge in [0.15, 0.2) is 0 Å². The van der Waals surface area contributed by atoms with Crippen molar-refractivity contribution in [2.24, 2.45) is 0 Å². The predicted molar refractivity (Wildman–Crippen MR) is 63.7 cm³/mol. The van der Waals surface area contributed by atoms with Crippen LogP contribution in [0.2, 0.25) is 0 Å². The molecule has 1 atom stereocenters. The fourth-order valence-electron chi connectivity index (χ4n) is 1.52. The topological polar surface area (TPSA) is 38.7 Å². The van der Waals surface area contributed by atoms with Crippen molar-refractivity contribution in [2.45, 2.75) is 25.9 Å². The molecule has 90 valence electrons. The molecule has 3 nitrogen and oxygen atoms in total. The lowest BCUT2D eigenvalue weighted by Gasteiger charge is -2.11. The minimum atomic E-state index is -0.411. The summed E-state index contributed by atoms with van der Waals surface area (Å²) in [6.45, 7) is 3.42. The van der Waals surface area contributed by atoms with Crippen LogP contribution < -0.4 is 4.74 Å². The third-order valence-corrected chi connectivity index (χ3v) is 2.47. The van der Waals surface area contributed by atoms with Gasteiger partial charge in [-0.1, -0.05) is 12.1 Å². The van der Waals surface area contributed by atoms with Gasteiger partial charge in [0.1, 0.15) is 5.75 Å². The summed E-state index contributed by atoms with van der Waals surface area (Å²) in [5.74, 6) is 0.810. The van der Waals surface area contributed by atoms with Gasteiger partial charge < -0.3 is 14.6 Å². The van der Waals surface area contributed by atoms with Crippen LogP contribution in [0.5, 0.6) is 5.75 Å². The molecule has 0 radical (unpaired) electrons. The summed E-state index contributed by atoms with van der Waals surface area (Å²) in [6.07, 6.45) is 1.19.